The number of hydrogen-bond donors (Lipinski definition) is 2. The smallest absolute Gasteiger partial charge is 0.119 e. The molecular weight excluding hydrogens is 250 g/mol. The molecule has 2 N–H and O–H groups in total. The van der Waals surface area contributed by atoms with E-state index in [1.54, 1.807) is 0 Å². The van der Waals surface area contributed by atoms with Crippen LogP contribution >= 0.6 is 0 Å². The van der Waals surface area contributed by atoms with Gasteiger partial charge in [0.2, 0.25) is 0 Å². The average molecular weight is 271 g/mol. The quantitative estimate of drug-likeness (QED) is 0.808. The van der Waals surface area contributed by atoms with E-state index in [9.17, 15) is 0 Å². The predicted molar refractivity (Wildman–Crippen MR) is 81.9 cm³/mol. The van der Waals surface area contributed by atoms with Crippen LogP contribution in [0.5, 0.6) is 5.75 Å². The summed E-state index contributed by atoms with van der Waals surface area (Å²) < 4.78 is 5.62. The molecule has 0 atom stereocenters. The summed E-state index contributed by atoms with van der Waals surface area (Å²) in [6, 6.07) is 15.9. The first-order valence-electron chi connectivity index (χ1n) is 6.97. The summed E-state index contributed by atoms with van der Waals surface area (Å²) >= 11 is 0. The maximum absolute atomic E-state index is 9.12. The van der Waals surface area contributed by atoms with Crippen molar-refractivity contribution in [3.8, 4) is 5.75 Å². The van der Waals surface area contributed by atoms with Crippen molar-refractivity contribution in [2.24, 2.45) is 0 Å². The first-order valence-corrected chi connectivity index (χ1v) is 6.97. The Kier molecular flexibility index (Phi) is 5.44. The molecule has 0 aliphatic heterocycles. The fourth-order valence-corrected chi connectivity index (χ4v) is 1.95. The Morgan fingerprint density at radius 1 is 1.05 bits per heavy atom. The molecule has 0 saturated heterocycles. The standard InChI is InChI=1S/C17H21NO2/c1-2-9-20-17-8-4-5-14(11-17)12-18-16-7-3-6-15(10-16)13-19/h3-8,10-11,18-19H,2,9,12-13H2,1H3. The highest BCUT2D eigenvalue weighted by molar-refractivity contribution is 5.46. The SMILES string of the molecule is CCCOc1cccc(CNc2cccc(CO)c2)c1. The zero-order valence-electron chi connectivity index (χ0n) is 11.8. The molecule has 0 fully saturated rings. The molecule has 3 nitrogen and oxygen atoms in total. The van der Waals surface area contributed by atoms with E-state index in [1.807, 2.05) is 36.4 Å². The minimum Gasteiger partial charge on any atom is -0.494 e. The molecule has 0 radical (unpaired) electrons. The van der Waals surface area contributed by atoms with Gasteiger partial charge in [-0.25, -0.2) is 0 Å². The fraction of sp³-hybridized carbons (Fsp3) is 0.294. The molecule has 0 unspecified atom stereocenters. The zero-order chi connectivity index (χ0) is 14.2. The third-order valence-corrected chi connectivity index (χ3v) is 2.98. The number of benzene rings is 2. The van der Waals surface area contributed by atoms with E-state index in [1.165, 1.54) is 5.56 Å². The van der Waals surface area contributed by atoms with Crippen LogP contribution < -0.4 is 10.1 Å². The van der Waals surface area contributed by atoms with E-state index in [0.29, 0.717) is 0 Å². The van der Waals surface area contributed by atoms with E-state index in [0.717, 1.165) is 36.6 Å². The first-order chi connectivity index (χ1) is 9.81. The summed E-state index contributed by atoms with van der Waals surface area (Å²) in [7, 11) is 0. The van der Waals surface area contributed by atoms with Crippen LogP contribution in [0.2, 0.25) is 0 Å². The van der Waals surface area contributed by atoms with Gasteiger partial charge in [-0.15, -0.1) is 0 Å². The van der Waals surface area contributed by atoms with Crippen LogP contribution in [0.15, 0.2) is 48.5 Å². The number of ether oxygens (including phenoxy) is 1. The van der Waals surface area contributed by atoms with Gasteiger partial charge in [-0.1, -0.05) is 31.2 Å². The normalized spacial score (nSPS) is 10.3. The van der Waals surface area contributed by atoms with E-state index in [-0.39, 0.29) is 6.61 Å². The summed E-state index contributed by atoms with van der Waals surface area (Å²) in [5.74, 6) is 0.912. The molecule has 0 aliphatic rings. The van der Waals surface area contributed by atoms with Gasteiger partial charge in [0.15, 0.2) is 0 Å². The Morgan fingerprint density at radius 3 is 2.65 bits per heavy atom. The lowest BCUT2D eigenvalue weighted by atomic mass is 10.2. The van der Waals surface area contributed by atoms with Crippen molar-refractivity contribution < 1.29 is 9.84 Å². The molecule has 0 amide bonds. The summed E-state index contributed by atoms with van der Waals surface area (Å²) in [4.78, 5) is 0. The third kappa shape index (κ3) is 4.28. The molecule has 0 bridgehead atoms. The number of hydrogen-bond acceptors (Lipinski definition) is 3. The lowest BCUT2D eigenvalue weighted by molar-refractivity contribution is 0.282. The average Bonchev–Trinajstić information content (AvgIpc) is 2.51. The van der Waals surface area contributed by atoms with Crippen molar-refractivity contribution >= 4 is 5.69 Å². The minimum atomic E-state index is 0.0653. The Hall–Kier alpha value is -2.00. The molecule has 0 spiro atoms. The van der Waals surface area contributed by atoms with Crippen molar-refractivity contribution in [1.29, 1.82) is 0 Å². The van der Waals surface area contributed by atoms with Crippen LogP contribution in [0.1, 0.15) is 24.5 Å². The number of aliphatic hydroxyl groups excluding tert-OH is 1. The topological polar surface area (TPSA) is 41.5 Å². The van der Waals surface area contributed by atoms with Crippen LogP contribution in [0, 0.1) is 0 Å². The second-order valence-corrected chi connectivity index (χ2v) is 4.71. The molecule has 0 heterocycles. The highest BCUT2D eigenvalue weighted by Crippen LogP contribution is 2.16. The van der Waals surface area contributed by atoms with Gasteiger partial charge in [-0.2, -0.15) is 0 Å². The van der Waals surface area contributed by atoms with Crippen LogP contribution in [0.3, 0.4) is 0 Å². The zero-order valence-corrected chi connectivity index (χ0v) is 11.8. The molecule has 2 aromatic rings. The Balaban J connectivity index is 1.95. The highest BCUT2D eigenvalue weighted by atomic mass is 16.5. The van der Waals surface area contributed by atoms with Gasteiger partial charge in [0, 0.05) is 12.2 Å². The van der Waals surface area contributed by atoms with Gasteiger partial charge in [-0.3, -0.25) is 0 Å². The van der Waals surface area contributed by atoms with Crippen LogP contribution in [0.4, 0.5) is 5.69 Å². The van der Waals surface area contributed by atoms with Crippen molar-refractivity contribution in [1.82, 2.24) is 0 Å². The maximum Gasteiger partial charge on any atom is 0.119 e. The van der Waals surface area contributed by atoms with Crippen molar-refractivity contribution in [2.45, 2.75) is 26.5 Å². The second kappa shape index (κ2) is 7.56. The Bertz CT molecular complexity index is 540. The number of rotatable bonds is 7. The molecule has 0 aromatic heterocycles. The molecule has 3 heteroatoms. The van der Waals surface area contributed by atoms with Crippen molar-refractivity contribution in [3.63, 3.8) is 0 Å². The maximum atomic E-state index is 9.12. The lowest BCUT2D eigenvalue weighted by Crippen LogP contribution is -2.01. The van der Waals surface area contributed by atoms with Crippen molar-refractivity contribution in [2.75, 3.05) is 11.9 Å². The van der Waals surface area contributed by atoms with Gasteiger partial charge >= 0.3 is 0 Å². The van der Waals surface area contributed by atoms with Crippen LogP contribution in [-0.2, 0) is 13.2 Å². The molecule has 2 rings (SSSR count). The van der Waals surface area contributed by atoms with Gasteiger partial charge in [0.25, 0.3) is 0 Å². The Morgan fingerprint density at radius 2 is 1.85 bits per heavy atom. The predicted octanol–water partition coefficient (Wildman–Crippen LogP) is 3.58. The molecule has 20 heavy (non-hydrogen) atoms. The minimum absolute atomic E-state index is 0.0653. The molecule has 0 aliphatic carbocycles. The number of anilines is 1. The summed E-state index contributed by atoms with van der Waals surface area (Å²) in [6.07, 6.45) is 1.01. The van der Waals surface area contributed by atoms with Crippen molar-refractivity contribution in [3.05, 3.63) is 59.7 Å². The Labute approximate surface area is 120 Å². The summed E-state index contributed by atoms with van der Waals surface area (Å²) in [6.45, 7) is 3.64. The van der Waals surface area contributed by atoms with E-state index in [2.05, 4.69) is 24.4 Å². The van der Waals surface area contributed by atoms with E-state index < -0.39 is 0 Å². The van der Waals surface area contributed by atoms with Gasteiger partial charge in [0.1, 0.15) is 5.75 Å². The molecule has 106 valence electrons. The largest absolute Gasteiger partial charge is 0.494 e. The summed E-state index contributed by atoms with van der Waals surface area (Å²) in [5, 5.41) is 12.5. The van der Waals surface area contributed by atoms with Crippen LogP contribution in [-0.4, -0.2) is 11.7 Å². The fourth-order valence-electron chi connectivity index (χ4n) is 1.95. The second-order valence-electron chi connectivity index (χ2n) is 4.71. The van der Waals surface area contributed by atoms with Gasteiger partial charge in [0.05, 0.1) is 13.2 Å². The highest BCUT2D eigenvalue weighted by Gasteiger charge is 1.98. The number of aliphatic hydroxyl groups is 1. The van der Waals surface area contributed by atoms with E-state index in [4.69, 9.17) is 9.84 Å². The first kappa shape index (κ1) is 14.4. The van der Waals surface area contributed by atoms with Crippen LogP contribution in [0.25, 0.3) is 0 Å². The van der Waals surface area contributed by atoms with E-state index >= 15 is 0 Å². The molecular formula is C17H21NO2. The summed E-state index contributed by atoms with van der Waals surface area (Å²) in [5.41, 5.74) is 3.10. The lowest BCUT2D eigenvalue weighted by Gasteiger charge is -2.10. The molecule has 2 aromatic carbocycles. The number of nitrogens with one attached hydrogen (secondary N) is 1. The molecule has 0 saturated carbocycles. The van der Waals surface area contributed by atoms with Gasteiger partial charge in [-0.05, 0) is 41.8 Å². The van der Waals surface area contributed by atoms with Gasteiger partial charge < -0.3 is 15.2 Å². The monoisotopic (exact) mass is 271 g/mol. The third-order valence-electron chi connectivity index (χ3n) is 2.98.